The average Bonchev–Trinajstić information content (AvgIpc) is 3.50. The number of amides is 2. The topological polar surface area (TPSA) is 120 Å². The van der Waals surface area contributed by atoms with E-state index in [-0.39, 0.29) is 52.2 Å². The van der Waals surface area contributed by atoms with Gasteiger partial charge in [0.2, 0.25) is 0 Å². The summed E-state index contributed by atoms with van der Waals surface area (Å²) in [5, 5.41) is 21.0. The van der Waals surface area contributed by atoms with E-state index in [0.717, 1.165) is 22.4 Å². The van der Waals surface area contributed by atoms with E-state index in [1.807, 2.05) is 51.1 Å². The molecule has 2 amide bonds. The Balaban J connectivity index is 1.28. The number of phenolic OH excluding ortho intramolecular Hbond substituents is 1. The number of phenols is 1. The molecule has 3 N–H and O–H groups in total. The van der Waals surface area contributed by atoms with Crippen LogP contribution < -0.4 is 25.7 Å². The molecular formula is C36H36Cl3N5O5. The Morgan fingerprint density at radius 1 is 0.939 bits per heavy atom. The third-order valence-electron chi connectivity index (χ3n) is 7.81. The Morgan fingerprint density at radius 3 is 2.37 bits per heavy atom. The lowest BCUT2D eigenvalue weighted by molar-refractivity contribution is 0.251. The molecule has 10 nitrogen and oxygen atoms in total. The first-order valence-electron chi connectivity index (χ1n) is 15.3. The quantitative estimate of drug-likeness (QED) is 0.133. The van der Waals surface area contributed by atoms with Crippen LogP contribution in [0.1, 0.15) is 48.8 Å². The zero-order valence-electron chi connectivity index (χ0n) is 27.6. The highest BCUT2D eigenvalue weighted by molar-refractivity contribution is 6.32. The van der Waals surface area contributed by atoms with Crippen LogP contribution in [0.15, 0.2) is 77.6 Å². The smallest absolute Gasteiger partial charge is 0.320 e. The third kappa shape index (κ3) is 8.33. The van der Waals surface area contributed by atoms with E-state index in [2.05, 4.69) is 15.7 Å². The number of carbonyl (C=O) groups excluding carboxylic acids is 1. The first-order chi connectivity index (χ1) is 23.2. The third-order valence-corrected chi connectivity index (χ3v) is 8.77. The van der Waals surface area contributed by atoms with Gasteiger partial charge in [-0.15, -0.1) is 0 Å². The van der Waals surface area contributed by atoms with Crippen molar-refractivity contribution in [3.8, 4) is 22.9 Å². The number of rotatable bonds is 10. The molecule has 0 unspecified atom stereocenters. The number of urea groups is 1. The molecule has 256 valence electrons. The average molecular weight is 725 g/mol. The van der Waals surface area contributed by atoms with Crippen LogP contribution in [0.3, 0.4) is 0 Å². The maximum absolute atomic E-state index is 13.3. The second-order valence-corrected chi connectivity index (χ2v) is 13.6. The minimum atomic E-state index is -0.456. The molecule has 0 radical (unpaired) electrons. The molecule has 0 fully saturated rings. The molecule has 5 rings (SSSR count). The number of pyridine rings is 1. The van der Waals surface area contributed by atoms with Crippen LogP contribution in [0.5, 0.6) is 17.2 Å². The Morgan fingerprint density at radius 2 is 1.67 bits per heavy atom. The van der Waals surface area contributed by atoms with Gasteiger partial charge in [0.05, 0.1) is 35.1 Å². The molecule has 0 bridgehead atoms. The van der Waals surface area contributed by atoms with Gasteiger partial charge >= 0.3 is 6.03 Å². The first kappa shape index (κ1) is 35.7. The van der Waals surface area contributed by atoms with Gasteiger partial charge in [-0.2, -0.15) is 5.10 Å². The molecule has 2 heterocycles. The van der Waals surface area contributed by atoms with Gasteiger partial charge in [-0.1, -0.05) is 85.9 Å². The van der Waals surface area contributed by atoms with Crippen LogP contribution in [0, 0.1) is 6.92 Å². The molecule has 0 saturated heterocycles. The Labute approximate surface area is 299 Å². The summed E-state index contributed by atoms with van der Waals surface area (Å²) >= 11 is 18.8. The number of nitrogens with zero attached hydrogens (tertiary/aromatic N) is 3. The molecule has 0 saturated carbocycles. The Kier molecular flexibility index (Phi) is 10.8. The van der Waals surface area contributed by atoms with Crippen LogP contribution in [-0.2, 0) is 25.1 Å². The zero-order chi connectivity index (χ0) is 35.5. The fraction of sp³-hybridized carbons (Fsp3) is 0.250. The molecule has 0 spiro atoms. The van der Waals surface area contributed by atoms with Gasteiger partial charge in [-0.3, -0.25) is 10.1 Å². The minimum Gasteiger partial charge on any atom is -0.506 e. The summed E-state index contributed by atoms with van der Waals surface area (Å²) in [7, 11) is 1.53. The van der Waals surface area contributed by atoms with Crippen LogP contribution >= 0.6 is 34.8 Å². The number of aromatic nitrogens is 3. The van der Waals surface area contributed by atoms with Gasteiger partial charge in [0.1, 0.15) is 34.7 Å². The van der Waals surface area contributed by atoms with Gasteiger partial charge in [0, 0.05) is 29.8 Å². The molecule has 13 heteroatoms. The van der Waals surface area contributed by atoms with Crippen molar-refractivity contribution in [2.75, 3.05) is 12.4 Å². The number of nitrogens with one attached hydrogen (secondary N) is 2. The maximum atomic E-state index is 13.3. The van der Waals surface area contributed by atoms with E-state index >= 15 is 0 Å². The van der Waals surface area contributed by atoms with Gasteiger partial charge in [0.25, 0.3) is 5.56 Å². The molecule has 0 atom stereocenters. The summed E-state index contributed by atoms with van der Waals surface area (Å²) in [4.78, 5) is 26.4. The van der Waals surface area contributed by atoms with Crippen molar-refractivity contribution in [3.05, 3.63) is 126 Å². The lowest BCUT2D eigenvalue weighted by Crippen LogP contribution is -2.29. The van der Waals surface area contributed by atoms with E-state index in [1.165, 1.54) is 13.2 Å². The zero-order valence-corrected chi connectivity index (χ0v) is 29.9. The number of halogens is 3. The first-order valence-corrected chi connectivity index (χ1v) is 16.4. The van der Waals surface area contributed by atoms with E-state index in [1.54, 1.807) is 52.6 Å². The highest BCUT2D eigenvalue weighted by atomic mass is 35.5. The SMILES string of the molecule is COc1cc(Cn2c(C)cc(OCc3ccccc3CNC(=O)Nc3cc(C(C)(C)C)nn3-c3ccc(O)c(Cl)c3)c(Cl)c2=O)ccc1Cl. The van der Waals surface area contributed by atoms with Gasteiger partial charge < -0.3 is 24.5 Å². The summed E-state index contributed by atoms with van der Waals surface area (Å²) < 4.78 is 14.5. The van der Waals surface area contributed by atoms with Gasteiger partial charge in [-0.25, -0.2) is 9.48 Å². The number of anilines is 1. The van der Waals surface area contributed by atoms with E-state index in [4.69, 9.17) is 44.3 Å². The molecule has 0 aliphatic heterocycles. The fourth-order valence-electron chi connectivity index (χ4n) is 5.03. The van der Waals surface area contributed by atoms with Crippen LogP contribution in [0.25, 0.3) is 5.69 Å². The highest BCUT2D eigenvalue weighted by Crippen LogP contribution is 2.31. The van der Waals surface area contributed by atoms with E-state index in [9.17, 15) is 14.7 Å². The molecule has 0 aliphatic rings. The number of methoxy groups -OCH3 is 1. The largest absolute Gasteiger partial charge is 0.506 e. The second kappa shape index (κ2) is 14.9. The summed E-state index contributed by atoms with van der Waals surface area (Å²) in [5.41, 5.74) is 3.73. The van der Waals surface area contributed by atoms with E-state index < -0.39 is 6.03 Å². The number of aryl methyl sites for hydroxylation is 1. The molecule has 49 heavy (non-hydrogen) atoms. The number of benzene rings is 3. The van der Waals surface area contributed by atoms with Gasteiger partial charge in [0.15, 0.2) is 0 Å². The summed E-state index contributed by atoms with van der Waals surface area (Å²) in [6, 6.07) is 20.6. The number of ether oxygens (including phenoxy) is 2. The molecule has 2 aromatic heterocycles. The van der Waals surface area contributed by atoms with Crippen molar-refractivity contribution >= 4 is 46.7 Å². The number of hydrogen-bond acceptors (Lipinski definition) is 6. The van der Waals surface area contributed by atoms with Crippen molar-refractivity contribution in [2.45, 2.75) is 52.8 Å². The van der Waals surface area contributed by atoms with Crippen molar-refractivity contribution in [1.29, 1.82) is 0 Å². The second-order valence-electron chi connectivity index (χ2n) is 12.4. The van der Waals surface area contributed by atoms with E-state index in [0.29, 0.717) is 28.0 Å². The summed E-state index contributed by atoms with van der Waals surface area (Å²) in [5.74, 6) is 1.14. The number of carbonyl (C=O) groups is 1. The normalized spacial score (nSPS) is 11.3. The predicted octanol–water partition coefficient (Wildman–Crippen LogP) is 8.26. The standard InChI is InChI=1S/C36H36Cl3N5O5/c1-21-14-30(33(39)34(46)43(21)19-22-10-12-26(37)29(15-22)48-5)49-20-24-9-7-6-8-23(24)18-40-35(47)41-32-17-31(36(2,3)4)42-44(32)25-11-13-28(45)27(38)16-25/h6-17,45H,18-20H2,1-5H3,(H2,40,41,47). The summed E-state index contributed by atoms with van der Waals surface area (Å²) in [6.45, 7) is 8.44. The highest BCUT2D eigenvalue weighted by Gasteiger charge is 2.22. The predicted molar refractivity (Wildman–Crippen MR) is 193 cm³/mol. The van der Waals surface area contributed by atoms with Crippen molar-refractivity contribution in [2.24, 2.45) is 0 Å². The maximum Gasteiger partial charge on any atom is 0.320 e. The fourth-order valence-corrected chi connectivity index (χ4v) is 5.61. The summed E-state index contributed by atoms with van der Waals surface area (Å²) in [6.07, 6.45) is 0. The molecule has 5 aromatic rings. The van der Waals surface area contributed by atoms with Gasteiger partial charge in [-0.05, 0) is 53.9 Å². The van der Waals surface area contributed by atoms with Crippen molar-refractivity contribution < 1.29 is 19.4 Å². The van der Waals surface area contributed by atoms with Crippen molar-refractivity contribution in [1.82, 2.24) is 19.7 Å². The molecule has 0 aliphatic carbocycles. The van der Waals surface area contributed by atoms with Crippen molar-refractivity contribution in [3.63, 3.8) is 0 Å². The van der Waals surface area contributed by atoms with Crippen LogP contribution in [0.2, 0.25) is 15.1 Å². The monoisotopic (exact) mass is 723 g/mol. The minimum absolute atomic E-state index is 0.0392. The van der Waals surface area contributed by atoms with Crippen LogP contribution in [-0.4, -0.2) is 32.6 Å². The van der Waals surface area contributed by atoms with Crippen LogP contribution in [0.4, 0.5) is 10.6 Å². The lowest BCUT2D eigenvalue weighted by atomic mass is 9.92. The number of hydrogen-bond donors (Lipinski definition) is 3. The molecular weight excluding hydrogens is 689 g/mol. The molecule has 3 aromatic carbocycles. The number of aromatic hydroxyl groups is 1. The lowest BCUT2D eigenvalue weighted by Gasteiger charge is -2.16. The Hall–Kier alpha value is -4.64. The Bertz CT molecular complexity index is 2070.